The third kappa shape index (κ3) is 4.51. The van der Waals surface area contributed by atoms with Crippen molar-refractivity contribution in [1.82, 2.24) is 10.3 Å². The molecule has 3 aromatic rings. The lowest BCUT2D eigenvalue weighted by Gasteiger charge is -2.07. The van der Waals surface area contributed by atoms with E-state index in [2.05, 4.69) is 15.6 Å². The van der Waals surface area contributed by atoms with Gasteiger partial charge in [-0.05, 0) is 48.5 Å². The highest BCUT2D eigenvalue weighted by Gasteiger charge is 2.08. The molecule has 0 unspecified atom stereocenters. The summed E-state index contributed by atoms with van der Waals surface area (Å²) >= 11 is 0. The van der Waals surface area contributed by atoms with Gasteiger partial charge in [-0.1, -0.05) is 24.3 Å². The molecular formula is C20H17N3O2. The van der Waals surface area contributed by atoms with E-state index in [9.17, 15) is 9.59 Å². The van der Waals surface area contributed by atoms with Crippen molar-refractivity contribution in [3.63, 3.8) is 0 Å². The normalized spacial score (nSPS) is 10.1. The Morgan fingerprint density at radius 3 is 2.12 bits per heavy atom. The number of hydrogen-bond acceptors (Lipinski definition) is 3. The SMILES string of the molecule is O=C(NCc1ccccn1)c1ccc(NC(=O)c2ccccc2)cc1. The fourth-order valence-electron chi connectivity index (χ4n) is 2.27. The molecule has 5 heteroatoms. The number of nitrogens with one attached hydrogen (secondary N) is 2. The van der Waals surface area contributed by atoms with E-state index in [1.165, 1.54) is 0 Å². The number of hydrogen-bond donors (Lipinski definition) is 2. The van der Waals surface area contributed by atoms with Gasteiger partial charge in [-0.3, -0.25) is 14.6 Å². The molecule has 0 saturated carbocycles. The second-order valence-electron chi connectivity index (χ2n) is 5.40. The van der Waals surface area contributed by atoms with Crippen LogP contribution in [0.15, 0.2) is 79.0 Å². The van der Waals surface area contributed by atoms with Crippen molar-refractivity contribution in [3.05, 3.63) is 95.8 Å². The minimum absolute atomic E-state index is 0.187. The zero-order valence-electron chi connectivity index (χ0n) is 13.5. The summed E-state index contributed by atoms with van der Waals surface area (Å²) in [6.45, 7) is 0.367. The van der Waals surface area contributed by atoms with E-state index >= 15 is 0 Å². The van der Waals surface area contributed by atoms with Crippen LogP contribution in [0.2, 0.25) is 0 Å². The summed E-state index contributed by atoms with van der Waals surface area (Å²) in [6.07, 6.45) is 1.69. The molecule has 2 N–H and O–H groups in total. The van der Waals surface area contributed by atoms with Gasteiger partial charge in [0.15, 0.2) is 0 Å². The van der Waals surface area contributed by atoms with E-state index < -0.39 is 0 Å². The van der Waals surface area contributed by atoms with Crippen LogP contribution in [0.1, 0.15) is 26.4 Å². The van der Waals surface area contributed by atoms with Gasteiger partial charge in [0.1, 0.15) is 0 Å². The molecule has 1 aromatic heterocycles. The maximum absolute atomic E-state index is 12.1. The van der Waals surface area contributed by atoms with E-state index in [-0.39, 0.29) is 11.8 Å². The van der Waals surface area contributed by atoms with Gasteiger partial charge in [0.05, 0.1) is 12.2 Å². The monoisotopic (exact) mass is 331 g/mol. The van der Waals surface area contributed by atoms with Crippen molar-refractivity contribution in [2.24, 2.45) is 0 Å². The first kappa shape index (κ1) is 16.4. The number of benzene rings is 2. The summed E-state index contributed by atoms with van der Waals surface area (Å²) in [5, 5.41) is 5.61. The Kier molecular flexibility index (Phi) is 5.16. The largest absolute Gasteiger partial charge is 0.346 e. The molecule has 0 bridgehead atoms. The molecular weight excluding hydrogens is 314 g/mol. The molecule has 0 aliphatic heterocycles. The Morgan fingerprint density at radius 2 is 1.44 bits per heavy atom. The minimum Gasteiger partial charge on any atom is -0.346 e. The van der Waals surface area contributed by atoms with Crippen LogP contribution in [0.3, 0.4) is 0 Å². The van der Waals surface area contributed by atoms with E-state index in [1.807, 2.05) is 36.4 Å². The third-order valence-electron chi connectivity index (χ3n) is 3.60. The molecule has 0 fully saturated rings. The van der Waals surface area contributed by atoms with Crippen LogP contribution in [-0.4, -0.2) is 16.8 Å². The Balaban J connectivity index is 1.58. The zero-order valence-corrected chi connectivity index (χ0v) is 13.5. The van der Waals surface area contributed by atoms with Crippen LogP contribution in [0.5, 0.6) is 0 Å². The van der Waals surface area contributed by atoms with E-state index in [0.717, 1.165) is 5.69 Å². The summed E-state index contributed by atoms with van der Waals surface area (Å²) in [6, 6.07) is 21.3. The molecule has 2 aromatic carbocycles. The zero-order chi connectivity index (χ0) is 17.5. The van der Waals surface area contributed by atoms with E-state index in [0.29, 0.717) is 23.4 Å². The van der Waals surface area contributed by atoms with E-state index in [4.69, 9.17) is 0 Å². The molecule has 25 heavy (non-hydrogen) atoms. The fraction of sp³-hybridized carbons (Fsp3) is 0.0500. The highest BCUT2D eigenvalue weighted by atomic mass is 16.2. The number of anilines is 1. The van der Waals surface area contributed by atoms with Gasteiger partial charge in [-0.2, -0.15) is 0 Å². The maximum Gasteiger partial charge on any atom is 0.255 e. The molecule has 0 atom stereocenters. The van der Waals surface area contributed by atoms with Crippen LogP contribution < -0.4 is 10.6 Å². The number of nitrogens with zero attached hydrogens (tertiary/aromatic N) is 1. The molecule has 1 heterocycles. The summed E-state index contributed by atoms with van der Waals surface area (Å²) in [5.41, 5.74) is 2.53. The smallest absolute Gasteiger partial charge is 0.255 e. The second kappa shape index (κ2) is 7.88. The molecule has 0 spiro atoms. The van der Waals surface area contributed by atoms with Gasteiger partial charge in [0, 0.05) is 23.0 Å². The van der Waals surface area contributed by atoms with Gasteiger partial charge in [-0.25, -0.2) is 0 Å². The first-order valence-corrected chi connectivity index (χ1v) is 7.87. The first-order chi connectivity index (χ1) is 12.2. The molecule has 0 radical (unpaired) electrons. The predicted molar refractivity (Wildman–Crippen MR) is 96.2 cm³/mol. The molecule has 5 nitrogen and oxygen atoms in total. The Morgan fingerprint density at radius 1 is 0.760 bits per heavy atom. The van der Waals surface area contributed by atoms with Gasteiger partial charge in [-0.15, -0.1) is 0 Å². The molecule has 0 aliphatic rings. The second-order valence-corrected chi connectivity index (χ2v) is 5.40. The Labute approximate surface area is 145 Å². The van der Waals surface area contributed by atoms with Crippen LogP contribution in [-0.2, 0) is 6.54 Å². The van der Waals surface area contributed by atoms with Crippen LogP contribution in [0.4, 0.5) is 5.69 Å². The predicted octanol–water partition coefficient (Wildman–Crippen LogP) is 3.26. The molecule has 3 rings (SSSR count). The summed E-state index contributed by atoms with van der Waals surface area (Å²) in [4.78, 5) is 28.4. The lowest BCUT2D eigenvalue weighted by Crippen LogP contribution is -2.23. The molecule has 124 valence electrons. The van der Waals surface area contributed by atoms with Crippen molar-refractivity contribution >= 4 is 17.5 Å². The van der Waals surface area contributed by atoms with Gasteiger partial charge in [0.25, 0.3) is 11.8 Å². The van der Waals surface area contributed by atoms with Gasteiger partial charge >= 0.3 is 0 Å². The van der Waals surface area contributed by atoms with Crippen molar-refractivity contribution in [2.45, 2.75) is 6.54 Å². The maximum atomic E-state index is 12.1. The van der Waals surface area contributed by atoms with Crippen molar-refractivity contribution in [1.29, 1.82) is 0 Å². The molecule has 2 amide bonds. The highest BCUT2D eigenvalue weighted by molar-refractivity contribution is 6.04. The van der Waals surface area contributed by atoms with Crippen molar-refractivity contribution in [2.75, 3.05) is 5.32 Å². The lowest BCUT2D eigenvalue weighted by molar-refractivity contribution is 0.0950. The van der Waals surface area contributed by atoms with Crippen LogP contribution in [0, 0.1) is 0 Å². The quantitative estimate of drug-likeness (QED) is 0.754. The number of aromatic nitrogens is 1. The minimum atomic E-state index is -0.188. The number of carbonyl (C=O) groups is 2. The summed E-state index contributed by atoms with van der Waals surface area (Å²) in [5.74, 6) is -0.375. The fourth-order valence-corrected chi connectivity index (χ4v) is 2.27. The number of rotatable bonds is 5. The molecule has 0 saturated heterocycles. The topological polar surface area (TPSA) is 71.1 Å². The highest BCUT2D eigenvalue weighted by Crippen LogP contribution is 2.11. The summed E-state index contributed by atoms with van der Waals surface area (Å²) in [7, 11) is 0. The van der Waals surface area contributed by atoms with Gasteiger partial charge in [0.2, 0.25) is 0 Å². The van der Waals surface area contributed by atoms with Crippen LogP contribution >= 0.6 is 0 Å². The average Bonchev–Trinajstić information content (AvgIpc) is 2.68. The summed E-state index contributed by atoms with van der Waals surface area (Å²) < 4.78 is 0. The first-order valence-electron chi connectivity index (χ1n) is 7.87. The van der Waals surface area contributed by atoms with Crippen molar-refractivity contribution in [3.8, 4) is 0 Å². The van der Waals surface area contributed by atoms with Crippen LogP contribution in [0.25, 0.3) is 0 Å². The number of amides is 2. The standard InChI is InChI=1S/C20H17N3O2/c24-19(22-14-18-8-4-5-13-21-18)16-9-11-17(12-10-16)23-20(25)15-6-2-1-3-7-15/h1-13H,14H2,(H,22,24)(H,23,25). The van der Waals surface area contributed by atoms with Gasteiger partial charge < -0.3 is 10.6 Å². The number of pyridine rings is 1. The van der Waals surface area contributed by atoms with Crippen molar-refractivity contribution < 1.29 is 9.59 Å². The number of carbonyl (C=O) groups excluding carboxylic acids is 2. The third-order valence-corrected chi connectivity index (χ3v) is 3.60. The Hall–Kier alpha value is -3.47. The average molecular weight is 331 g/mol. The van der Waals surface area contributed by atoms with E-state index in [1.54, 1.807) is 42.6 Å². The Bertz CT molecular complexity index is 847. The lowest BCUT2D eigenvalue weighted by atomic mass is 10.1. The molecule has 0 aliphatic carbocycles.